The largest absolute Gasteiger partial charge is 0.478 e. The summed E-state index contributed by atoms with van der Waals surface area (Å²) in [6.45, 7) is 6.39. The zero-order valence-corrected chi connectivity index (χ0v) is 15.6. The summed E-state index contributed by atoms with van der Waals surface area (Å²) in [4.78, 5) is 30.9. The van der Waals surface area contributed by atoms with Crippen LogP contribution in [0.1, 0.15) is 22.8 Å². The summed E-state index contributed by atoms with van der Waals surface area (Å²) in [5.74, 6) is -0.169. The normalized spacial score (nSPS) is 14.5. The molecule has 9 nitrogen and oxygen atoms in total. The Morgan fingerprint density at radius 3 is 2.57 bits per heavy atom. The van der Waals surface area contributed by atoms with Gasteiger partial charge in [0.25, 0.3) is 5.56 Å². The molecule has 9 heteroatoms. The lowest BCUT2D eigenvalue weighted by atomic mass is 10.1. The molecular weight excluding hydrogens is 360 g/mol. The topological polar surface area (TPSA) is 105 Å². The van der Waals surface area contributed by atoms with Crippen molar-refractivity contribution < 1.29 is 9.90 Å². The van der Waals surface area contributed by atoms with E-state index in [9.17, 15) is 9.59 Å². The van der Waals surface area contributed by atoms with Gasteiger partial charge in [0.05, 0.1) is 18.3 Å². The van der Waals surface area contributed by atoms with Crippen LogP contribution in [0.4, 0.5) is 5.95 Å². The molecule has 1 fully saturated rings. The van der Waals surface area contributed by atoms with Gasteiger partial charge in [0.2, 0.25) is 5.95 Å². The number of carboxylic acids is 1. The van der Waals surface area contributed by atoms with Crippen molar-refractivity contribution in [1.29, 1.82) is 0 Å². The number of imidazole rings is 1. The van der Waals surface area contributed by atoms with Crippen LogP contribution in [-0.2, 0) is 13.1 Å². The maximum Gasteiger partial charge on any atom is 0.335 e. The molecule has 1 saturated heterocycles. The highest BCUT2D eigenvalue weighted by Gasteiger charge is 2.21. The summed E-state index contributed by atoms with van der Waals surface area (Å²) in [6.07, 6.45) is 1.63. The average Bonchev–Trinajstić information content (AvgIpc) is 3.10. The van der Waals surface area contributed by atoms with E-state index in [0.717, 1.165) is 37.7 Å². The molecule has 0 bridgehead atoms. The van der Waals surface area contributed by atoms with Crippen molar-refractivity contribution in [3.63, 3.8) is 0 Å². The lowest BCUT2D eigenvalue weighted by molar-refractivity contribution is 0.0697. The van der Waals surface area contributed by atoms with Gasteiger partial charge in [-0.15, -0.1) is 0 Å². The minimum absolute atomic E-state index is 0.199. The number of piperazine rings is 1. The Kier molecular flexibility index (Phi) is 4.82. The van der Waals surface area contributed by atoms with Gasteiger partial charge < -0.3 is 19.9 Å². The molecule has 0 spiro atoms. The van der Waals surface area contributed by atoms with Crippen molar-refractivity contribution in [3.05, 3.63) is 51.9 Å². The summed E-state index contributed by atoms with van der Waals surface area (Å²) in [5, 5.41) is 16.6. The standard InChI is InChI=1S/C19H22N6O3/c1-2-24-16-15(22-19(24)23-9-7-20-8-10-23)11-21-25(17(16)26)12-13-3-5-14(6-4-13)18(27)28/h3-6,11,20H,2,7-10,12H2,1H3,(H,27,28). The Hall–Kier alpha value is -3.20. The van der Waals surface area contributed by atoms with Gasteiger partial charge in [-0.3, -0.25) is 4.79 Å². The molecule has 3 heterocycles. The number of nitrogens with zero attached hydrogens (tertiary/aromatic N) is 5. The molecule has 3 aromatic rings. The number of aromatic carboxylic acids is 1. The number of rotatable bonds is 5. The van der Waals surface area contributed by atoms with E-state index in [1.165, 1.54) is 16.8 Å². The van der Waals surface area contributed by atoms with Gasteiger partial charge in [0.15, 0.2) is 0 Å². The second kappa shape index (κ2) is 7.43. The van der Waals surface area contributed by atoms with Crippen LogP contribution in [0.5, 0.6) is 0 Å². The van der Waals surface area contributed by atoms with Crippen LogP contribution in [-0.4, -0.2) is 56.6 Å². The van der Waals surface area contributed by atoms with Gasteiger partial charge in [-0.1, -0.05) is 12.1 Å². The van der Waals surface area contributed by atoms with Crippen LogP contribution in [0, 0.1) is 0 Å². The number of hydrogen-bond donors (Lipinski definition) is 2. The fourth-order valence-corrected chi connectivity index (χ4v) is 3.52. The summed E-state index contributed by atoms with van der Waals surface area (Å²) in [5.41, 5.74) is 1.97. The second-order valence-electron chi connectivity index (χ2n) is 6.74. The van der Waals surface area contributed by atoms with Crippen LogP contribution in [0.2, 0.25) is 0 Å². The van der Waals surface area contributed by atoms with Gasteiger partial charge in [0, 0.05) is 32.7 Å². The Balaban J connectivity index is 1.71. The van der Waals surface area contributed by atoms with Gasteiger partial charge in [-0.2, -0.15) is 5.10 Å². The molecule has 2 N–H and O–H groups in total. The molecule has 2 aromatic heterocycles. The predicted octanol–water partition coefficient (Wildman–Crippen LogP) is 0.769. The molecule has 146 valence electrons. The molecule has 0 atom stereocenters. The minimum Gasteiger partial charge on any atom is -0.478 e. The molecule has 1 aliphatic rings. The first-order valence-corrected chi connectivity index (χ1v) is 9.32. The number of anilines is 1. The lowest BCUT2D eigenvalue weighted by Gasteiger charge is -2.28. The number of aromatic nitrogens is 4. The Bertz CT molecular complexity index is 1060. The Morgan fingerprint density at radius 1 is 1.21 bits per heavy atom. The average molecular weight is 382 g/mol. The molecule has 1 aliphatic heterocycles. The SMILES string of the molecule is CCn1c(N2CCNCC2)nc2cnn(Cc3ccc(C(=O)O)cc3)c(=O)c21. The van der Waals surface area contributed by atoms with E-state index in [1.807, 2.05) is 11.5 Å². The fourth-order valence-electron chi connectivity index (χ4n) is 3.52. The number of fused-ring (bicyclic) bond motifs is 1. The maximum atomic E-state index is 13.1. The van der Waals surface area contributed by atoms with Crippen molar-refractivity contribution in [2.75, 3.05) is 31.1 Å². The summed E-state index contributed by atoms with van der Waals surface area (Å²) in [7, 11) is 0. The third kappa shape index (κ3) is 3.24. The van der Waals surface area contributed by atoms with E-state index in [4.69, 9.17) is 5.11 Å². The number of carbonyl (C=O) groups is 1. The minimum atomic E-state index is -0.976. The third-order valence-electron chi connectivity index (χ3n) is 4.98. The summed E-state index contributed by atoms with van der Waals surface area (Å²) < 4.78 is 3.35. The first kappa shape index (κ1) is 18.2. The van der Waals surface area contributed by atoms with E-state index in [0.29, 0.717) is 17.6 Å². The molecule has 1 aromatic carbocycles. The smallest absolute Gasteiger partial charge is 0.335 e. The maximum absolute atomic E-state index is 13.1. The fraction of sp³-hybridized carbons (Fsp3) is 0.368. The molecule has 0 amide bonds. The molecule has 0 radical (unpaired) electrons. The third-order valence-corrected chi connectivity index (χ3v) is 4.98. The van der Waals surface area contributed by atoms with E-state index >= 15 is 0 Å². The monoisotopic (exact) mass is 382 g/mol. The number of hydrogen-bond acceptors (Lipinski definition) is 6. The lowest BCUT2D eigenvalue weighted by Crippen LogP contribution is -2.44. The molecule has 28 heavy (non-hydrogen) atoms. The molecular formula is C19H22N6O3. The highest BCUT2D eigenvalue weighted by Crippen LogP contribution is 2.20. The molecule has 4 rings (SSSR count). The van der Waals surface area contributed by atoms with Crippen LogP contribution in [0.3, 0.4) is 0 Å². The summed E-state index contributed by atoms with van der Waals surface area (Å²) in [6, 6.07) is 6.45. The van der Waals surface area contributed by atoms with Crippen molar-refractivity contribution in [1.82, 2.24) is 24.6 Å². The Morgan fingerprint density at radius 2 is 1.93 bits per heavy atom. The first-order valence-electron chi connectivity index (χ1n) is 9.32. The number of aryl methyl sites for hydroxylation is 1. The predicted molar refractivity (Wildman–Crippen MR) is 105 cm³/mol. The summed E-state index contributed by atoms with van der Waals surface area (Å²) >= 11 is 0. The zero-order chi connectivity index (χ0) is 19.7. The van der Waals surface area contributed by atoms with Crippen molar-refractivity contribution in [2.24, 2.45) is 0 Å². The van der Waals surface area contributed by atoms with Crippen LogP contribution >= 0.6 is 0 Å². The number of nitrogens with one attached hydrogen (secondary N) is 1. The highest BCUT2D eigenvalue weighted by molar-refractivity contribution is 5.87. The Labute approximate surface area is 161 Å². The van der Waals surface area contributed by atoms with E-state index < -0.39 is 5.97 Å². The first-order chi connectivity index (χ1) is 13.6. The molecule has 0 unspecified atom stereocenters. The highest BCUT2D eigenvalue weighted by atomic mass is 16.4. The number of benzene rings is 1. The van der Waals surface area contributed by atoms with E-state index in [1.54, 1.807) is 18.3 Å². The zero-order valence-electron chi connectivity index (χ0n) is 15.6. The van der Waals surface area contributed by atoms with Crippen molar-refractivity contribution >= 4 is 23.0 Å². The van der Waals surface area contributed by atoms with Crippen molar-refractivity contribution in [3.8, 4) is 0 Å². The van der Waals surface area contributed by atoms with E-state index in [-0.39, 0.29) is 17.7 Å². The second-order valence-corrected chi connectivity index (χ2v) is 6.74. The van der Waals surface area contributed by atoms with E-state index in [2.05, 4.69) is 20.3 Å². The van der Waals surface area contributed by atoms with Gasteiger partial charge >= 0.3 is 5.97 Å². The quantitative estimate of drug-likeness (QED) is 0.671. The van der Waals surface area contributed by atoms with Gasteiger partial charge in [-0.25, -0.2) is 14.5 Å². The van der Waals surface area contributed by atoms with Crippen LogP contribution < -0.4 is 15.8 Å². The van der Waals surface area contributed by atoms with Crippen LogP contribution in [0.15, 0.2) is 35.3 Å². The number of carboxylic acid groups (broad SMARTS) is 1. The molecule has 0 aliphatic carbocycles. The molecule has 0 saturated carbocycles. The van der Waals surface area contributed by atoms with Gasteiger partial charge in [-0.05, 0) is 24.6 Å². The van der Waals surface area contributed by atoms with Crippen molar-refractivity contribution in [2.45, 2.75) is 20.0 Å². The van der Waals surface area contributed by atoms with Crippen LogP contribution in [0.25, 0.3) is 11.0 Å². The van der Waals surface area contributed by atoms with Gasteiger partial charge in [0.1, 0.15) is 11.0 Å².